The van der Waals surface area contributed by atoms with Gasteiger partial charge in [-0.3, -0.25) is 9.59 Å². The van der Waals surface area contributed by atoms with Crippen LogP contribution in [0, 0.1) is 0 Å². The molecule has 2 fully saturated rings. The zero-order chi connectivity index (χ0) is 21.0. The second-order valence-corrected chi connectivity index (χ2v) is 8.98. The molecular weight excluding hydrogens is 380 g/mol. The van der Waals surface area contributed by atoms with Gasteiger partial charge in [-0.2, -0.15) is 0 Å². The van der Waals surface area contributed by atoms with E-state index in [1.807, 2.05) is 24.3 Å². The maximum Gasteiger partial charge on any atom is 0.328 e. The average molecular weight is 409 g/mol. The zero-order valence-electron chi connectivity index (χ0n) is 17.5. The smallest absolute Gasteiger partial charge is 0.328 e. The van der Waals surface area contributed by atoms with E-state index < -0.39 is 11.6 Å². The van der Waals surface area contributed by atoms with Crippen LogP contribution in [-0.4, -0.2) is 51.3 Å². The van der Waals surface area contributed by atoms with E-state index >= 15 is 0 Å². The number of carbonyl (C=O) groups excluding carboxylic acids is 3. The lowest BCUT2D eigenvalue weighted by Crippen LogP contribution is -2.51. The summed E-state index contributed by atoms with van der Waals surface area (Å²) >= 11 is 0. The number of carbonyl (C=O) groups is 3. The van der Waals surface area contributed by atoms with E-state index in [1.54, 1.807) is 18.7 Å². The van der Waals surface area contributed by atoms with Gasteiger partial charge in [0.05, 0.1) is 5.69 Å². The monoisotopic (exact) mass is 408 g/mol. The highest BCUT2D eigenvalue weighted by molar-refractivity contribution is 6.10. The summed E-state index contributed by atoms with van der Waals surface area (Å²) in [4.78, 5) is 46.0. The fraction of sp³-hybridized carbons (Fsp3) is 0.522. The van der Waals surface area contributed by atoms with Crippen LogP contribution >= 0.6 is 0 Å². The predicted octanol–water partition coefficient (Wildman–Crippen LogP) is 3.04. The van der Waals surface area contributed by atoms with Crippen LogP contribution in [0.2, 0.25) is 0 Å². The Bertz CT molecular complexity index is 1040. The number of urea groups is 1. The van der Waals surface area contributed by atoms with E-state index in [2.05, 4.69) is 10.3 Å². The molecule has 1 aliphatic carbocycles. The first kappa shape index (κ1) is 19.2. The van der Waals surface area contributed by atoms with E-state index in [0.717, 1.165) is 47.8 Å². The Labute approximate surface area is 175 Å². The quantitative estimate of drug-likeness (QED) is 0.766. The molecule has 3 heterocycles. The maximum atomic E-state index is 13.6. The number of rotatable bonds is 3. The topological polar surface area (TPSA) is 85.5 Å². The molecule has 3 aliphatic rings. The molecule has 1 saturated carbocycles. The normalized spacial score (nSPS) is 25.4. The van der Waals surface area contributed by atoms with Crippen molar-refractivity contribution in [3.05, 3.63) is 35.5 Å². The number of para-hydroxylation sites is 1. The molecule has 2 atom stereocenters. The Kier molecular flexibility index (Phi) is 4.38. The minimum atomic E-state index is -1.11. The maximum absolute atomic E-state index is 13.6. The highest BCUT2D eigenvalue weighted by Crippen LogP contribution is 2.44. The first-order valence-corrected chi connectivity index (χ1v) is 11.0. The van der Waals surface area contributed by atoms with Crippen molar-refractivity contribution in [3.63, 3.8) is 0 Å². The molecule has 30 heavy (non-hydrogen) atoms. The largest absolute Gasteiger partial charge is 0.356 e. The van der Waals surface area contributed by atoms with Crippen LogP contribution in [0.15, 0.2) is 24.3 Å². The summed E-state index contributed by atoms with van der Waals surface area (Å²) in [6.45, 7) is 3.91. The Morgan fingerprint density at radius 2 is 1.93 bits per heavy atom. The second kappa shape index (κ2) is 6.86. The van der Waals surface area contributed by atoms with E-state index in [1.165, 1.54) is 11.3 Å². The summed E-state index contributed by atoms with van der Waals surface area (Å²) in [6.07, 6.45) is 6.02. The van der Waals surface area contributed by atoms with Gasteiger partial charge in [-0.15, -0.1) is 0 Å². The van der Waals surface area contributed by atoms with Gasteiger partial charge in [0.15, 0.2) is 5.54 Å². The third-order valence-electron chi connectivity index (χ3n) is 7.22. The molecule has 0 radical (unpaired) electrons. The molecule has 158 valence electrons. The van der Waals surface area contributed by atoms with Crippen molar-refractivity contribution in [2.24, 2.45) is 0 Å². The number of aromatic amines is 1. The molecule has 1 aromatic heterocycles. The molecule has 0 spiro atoms. The summed E-state index contributed by atoms with van der Waals surface area (Å²) in [5, 5.41) is 4.15. The molecule has 0 bridgehead atoms. The van der Waals surface area contributed by atoms with Crippen LogP contribution in [0.3, 0.4) is 0 Å². The number of hydrogen-bond donors (Lipinski definition) is 2. The summed E-state index contributed by atoms with van der Waals surface area (Å²) in [7, 11) is 0. The van der Waals surface area contributed by atoms with Gasteiger partial charge in [-0.25, -0.2) is 9.69 Å². The van der Waals surface area contributed by atoms with Crippen LogP contribution in [-0.2, 0) is 21.5 Å². The van der Waals surface area contributed by atoms with E-state index in [0.29, 0.717) is 13.0 Å². The molecule has 4 amide bonds. The minimum absolute atomic E-state index is 0.139. The molecule has 2 N–H and O–H groups in total. The fourth-order valence-electron chi connectivity index (χ4n) is 5.45. The highest BCUT2D eigenvalue weighted by Gasteiger charge is 2.60. The van der Waals surface area contributed by atoms with E-state index in [4.69, 9.17) is 0 Å². The molecule has 1 saturated heterocycles. The fourth-order valence-corrected chi connectivity index (χ4v) is 5.45. The number of H-pyrrole nitrogens is 1. The van der Waals surface area contributed by atoms with Crippen molar-refractivity contribution in [1.29, 1.82) is 0 Å². The van der Waals surface area contributed by atoms with Gasteiger partial charge in [0.25, 0.3) is 5.91 Å². The van der Waals surface area contributed by atoms with Crippen molar-refractivity contribution in [1.82, 2.24) is 20.1 Å². The van der Waals surface area contributed by atoms with Crippen LogP contribution in [0.5, 0.6) is 0 Å². The predicted molar refractivity (Wildman–Crippen MR) is 113 cm³/mol. The van der Waals surface area contributed by atoms with Gasteiger partial charge in [0.1, 0.15) is 6.04 Å². The van der Waals surface area contributed by atoms with Crippen molar-refractivity contribution in [3.8, 4) is 0 Å². The number of hydrogen-bond acceptors (Lipinski definition) is 3. The molecule has 1 aromatic carbocycles. The van der Waals surface area contributed by atoms with Crippen LogP contribution in [0.4, 0.5) is 4.79 Å². The third kappa shape index (κ3) is 2.60. The lowest BCUT2D eigenvalue weighted by atomic mass is 9.87. The second-order valence-electron chi connectivity index (χ2n) is 8.98. The van der Waals surface area contributed by atoms with Gasteiger partial charge >= 0.3 is 6.03 Å². The Balaban J connectivity index is 1.46. The number of amides is 4. The number of nitrogens with one attached hydrogen (secondary N) is 2. The Morgan fingerprint density at radius 3 is 2.70 bits per heavy atom. The van der Waals surface area contributed by atoms with E-state index in [-0.39, 0.29) is 23.9 Å². The van der Waals surface area contributed by atoms with Gasteiger partial charge in [0.2, 0.25) is 5.91 Å². The molecule has 2 aromatic rings. The average Bonchev–Trinajstić information content (AvgIpc) is 3.22. The van der Waals surface area contributed by atoms with Crippen molar-refractivity contribution in [2.75, 3.05) is 6.54 Å². The number of fused-ring (bicyclic) bond motifs is 5. The van der Waals surface area contributed by atoms with Crippen molar-refractivity contribution in [2.45, 2.75) is 70.0 Å². The molecule has 7 nitrogen and oxygen atoms in total. The Morgan fingerprint density at radius 1 is 1.20 bits per heavy atom. The summed E-state index contributed by atoms with van der Waals surface area (Å²) in [5.74, 6) is -0.574. The SMILES string of the molecule is C[C@@H](C(=O)NC1CCCCC1)N1C(=O)N2CCc3c([nH]c4ccccc34)[C@]2(C)C1=O. The lowest BCUT2D eigenvalue weighted by Gasteiger charge is -2.36. The van der Waals surface area contributed by atoms with Gasteiger partial charge in [-0.1, -0.05) is 37.5 Å². The van der Waals surface area contributed by atoms with Crippen LogP contribution < -0.4 is 5.32 Å². The first-order valence-electron chi connectivity index (χ1n) is 11.0. The van der Waals surface area contributed by atoms with Gasteiger partial charge < -0.3 is 15.2 Å². The lowest BCUT2D eigenvalue weighted by molar-refractivity contribution is -0.139. The van der Waals surface area contributed by atoms with Gasteiger partial charge in [-0.05, 0) is 44.7 Å². The van der Waals surface area contributed by atoms with Crippen molar-refractivity contribution >= 4 is 28.7 Å². The summed E-state index contributed by atoms with van der Waals surface area (Å²) in [6, 6.07) is 6.90. The minimum Gasteiger partial charge on any atom is -0.356 e. The molecule has 2 aliphatic heterocycles. The number of aromatic nitrogens is 1. The standard InChI is InChI=1S/C23H28N4O3/c1-14(20(28)24-15-8-4-3-5-9-15)27-21(29)23(2)19-17(12-13-26(23)22(27)30)16-10-6-7-11-18(16)25-19/h6-7,10-11,14-15,25H,3-5,8-9,12-13H2,1-2H3,(H,24,28)/t14-,23+/m0/s1. The van der Waals surface area contributed by atoms with Crippen LogP contribution in [0.25, 0.3) is 10.9 Å². The molecule has 7 heteroatoms. The number of imide groups is 1. The first-order chi connectivity index (χ1) is 14.4. The third-order valence-corrected chi connectivity index (χ3v) is 7.22. The molecular formula is C23H28N4O3. The van der Waals surface area contributed by atoms with Crippen molar-refractivity contribution < 1.29 is 14.4 Å². The summed E-state index contributed by atoms with van der Waals surface area (Å²) in [5.41, 5.74) is 1.72. The summed E-state index contributed by atoms with van der Waals surface area (Å²) < 4.78 is 0. The van der Waals surface area contributed by atoms with Crippen LogP contribution in [0.1, 0.15) is 57.2 Å². The highest BCUT2D eigenvalue weighted by atomic mass is 16.2. The zero-order valence-corrected chi connectivity index (χ0v) is 17.5. The van der Waals surface area contributed by atoms with E-state index in [9.17, 15) is 14.4 Å². The number of nitrogens with zero attached hydrogens (tertiary/aromatic N) is 2. The molecule has 5 rings (SSSR count). The molecule has 0 unspecified atom stereocenters. The number of benzene rings is 1. The Hall–Kier alpha value is -2.83. The van der Waals surface area contributed by atoms with Gasteiger partial charge in [0, 0.05) is 23.5 Å².